The van der Waals surface area contributed by atoms with Gasteiger partial charge < -0.3 is 31.8 Å². The Kier molecular flexibility index (Phi) is 10.6. The van der Waals surface area contributed by atoms with Crippen molar-refractivity contribution in [3.05, 3.63) is 36.0 Å². The maximum atomic E-state index is 13.2. The third-order valence-corrected chi connectivity index (χ3v) is 6.37. The number of hydrogen-bond donors (Lipinski definition) is 6. The minimum Gasteiger partial charge on any atom is -0.480 e. The molecule has 0 aliphatic carbocycles. The number of nitrogens with one attached hydrogen (secondary N) is 4. The lowest BCUT2D eigenvalue weighted by atomic mass is 10.0. The van der Waals surface area contributed by atoms with E-state index in [1.807, 2.05) is 44.4 Å². The van der Waals surface area contributed by atoms with Gasteiger partial charge in [0, 0.05) is 23.5 Å². The number of para-hydroxylation sites is 1. The molecule has 192 valence electrons. The molecule has 1 heterocycles. The monoisotopic (exact) mass is 505 g/mol. The lowest BCUT2D eigenvalue weighted by Crippen LogP contribution is -2.57. The largest absolute Gasteiger partial charge is 0.480 e. The molecule has 4 unspecified atom stereocenters. The van der Waals surface area contributed by atoms with Crippen LogP contribution in [0.15, 0.2) is 30.5 Å². The fourth-order valence-electron chi connectivity index (χ4n) is 3.45. The van der Waals surface area contributed by atoms with Gasteiger partial charge in [0.05, 0.1) is 6.04 Å². The van der Waals surface area contributed by atoms with Gasteiger partial charge >= 0.3 is 5.97 Å². The highest BCUT2D eigenvalue weighted by atomic mass is 32.2. The van der Waals surface area contributed by atoms with Crippen LogP contribution in [-0.4, -0.2) is 70.0 Å². The Bertz CT molecular complexity index is 1040. The van der Waals surface area contributed by atoms with Gasteiger partial charge in [0.25, 0.3) is 0 Å². The molecule has 0 bridgehead atoms. The summed E-state index contributed by atoms with van der Waals surface area (Å²) in [4.78, 5) is 53.2. The number of rotatable bonds is 13. The first-order valence-corrected chi connectivity index (χ1v) is 12.9. The predicted octanol–water partition coefficient (Wildman–Crippen LogP) is 1.01. The summed E-state index contributed by atoms with van der Waals surface area (Å²) in [5.74, 6) is -2.32. The average molecular weight is 506 g/mol. The van der Waals surface area contributed by atoms with Crippen molar-refractivity contribution in [1.29, 1.82) is 0 Å². The van der Waals surface area contributed by atoms with Crippen molar-refractivity contribution in [1.82, 2.24) is 20.9 Å². The van der Waals surface area contributed by atoms with E-state index in [1.165, 1.54) is 18.7 Å². The molecule has 0 saturated carbocycles. The van der Waals surface area contributed by atoms with Crippen molar-refractivity contribution in [2.24, 2.45) is 11.7 Å². The molecule has 0 saturated heterocycles. The molecule has 11 heteroatoms. The van der Waals surface area contributed by atoms with E-state index in [1.54, 1.807) is 6.20 Å². The molecule has 0 spiro atoms. The molecule has 3 amide bonds. The number of fused-ring (bicyclic) bond motifs is 1. The van der Waals surface area contributed by atoms with Gasteiger partial charge in [0.1, 0.15) is 18.1 Å². The van der Waals surface area contributed by atoms with Crippen molar-refractivity contribution >= 4 is 46.4 Å². The zero-order chi connectivity index (χ0) is 26.1. The Morgan fingerprint density at radius 3 is 2.26 bits per heavy atom. The Morgan fingerprint density at radius 2 is 1.63 bits per heavy atom. The molecule has 2 aromatic rings. The first-order chi connectivity index (χ1) is 16.5. The summed E-state index contributed by atoms with van der Waals surface area (Å²) in [7, 11) is 0. The van der Waals surface area contributed by atoms with Crippen LogP contribution in [0.25, 0.3) is 10.9 Å². The quantitative estimate of drug-likeness (QED) is 0.236. The van der Waals surface area contributed by atoms with Crippen LogP contribution in [0.4, 0.5) is 0 Å². The van der Waals surface area contributed by atoms with Crippen LogP contribution in [0.5, 0.6) is 0 Å². The van der Waals surface area contributed by atoms with Gasteiger partial charge in [0.15, 0.2) is 0 Å². The van der Waals surface area contributed by atoms with Crippen LogP contribution in [0, 0.1) is 5.92 Å². The summed E-state index contributed by atoms with van der Waals surface area (Å²) < 4.78 is 0. The van der Waals surface area contributed by atoms with Gasteiger partial charge in [-0.05, 0) is 42.9 Å². The van der Waals surface area contributed by atoms with Gasteiger partial charge in [-0.2, -0.15) is 11.8 Å². The lowest BCUT2D eigenvalue weighted by molar-refractivity contribution is -0.141. The SMILES string of the molecule is CSCCC(NC(=O)C(N)C(C)C)C(=O)NC(Cc1c[nH]c2ccccc12)C(=O)NC(C)C(=O)O. The van der Waals surface area contributed by atoms with Gasteiger partial charge in [0.2, 0.25) is 17.7 Å². The van der Waals surface area contributed by atoms with E-state index >= 15 is 0 Å². The van der Waals surface area contributed by atoms with E-state index < -0.39 is 47.9 Å². The maximum absolute atomic E-state index is 13.2. The number of hydrogen-bond acceptors (Lipinski definition) is 6. The number of carboxylic acid groups (broad SMARTS) is 1. The standard InChI is InChI=1S/C24H35N5O5S/c1-13(2)20(25)23(32)28-18(9-10-35-4)21(30)29-19(22(31)27-14(3)24(33)34)11-15-12-26-17-8-6-5-7-16(15)17/h5-8,12-14,18-20,26H,9-11,25H2,1-4H3,(H,27,31)(H,28,32)(H,29,30)(H,33,34). The van der Waals surface area contributed by atoms with Crippen LogP contribution in [0.3, 0.4) is 0 Å². The molecular formula is C24H35N5O5S. The van der Waals surface area contributed by atoms with Crippen LogP contribution in [0.1, 0.15) is 32.8 Å². The number of carbonyl (C=O) groups excluding carboxylic acids is 3. The summed E-state index contributed by atoms with van der Waals surface area (Å²) in [6, 6.07) is 3.67. The average Bonchev–Trinajstić information content (AvgIpc) is 3.23. The summed E-state index contributed by atoms with van der Waals surface area (Å²) in [5.41, 5.74) is 7.60. The van der Waals surface area contributed by atoms with E-state index in [2.05, 4.69) is 20.9 Å². The Morgan fingerprint density at radius 1 is 1.00 bits per heavy atom. The lowest BCUT2D eigenvalue weighted by Gasteiger charge is -2.25. The molecule has 2 rings (SSSR count). The smallest absolute Gasteiger partial charge is 0.325 e. The number of carboxylic acids is 1. The fraction of sp³-hybridized carbons (Fsp3) is 0.500. The minimum atomic E-state index is -1.19. The van der Waals surface area contributed by atoms with Crippen LogP contribution < -0.4 is 21.7 Å². The maximum Gasteiger partial charge on any atom is 0.325 e. The van der Waals surface area contributed by atoms with Gasteiger partial charge in [-0.15, -0.1) is 0 Å². The molecule has 0 aliphatic heterocycles. The van der Waals surface area contributed by atoms with Gasteiger partial charge in [-0.3, -0.25) is 19.2 Å². The molecule has 0 aliphatic rings. The normalized spacial score (nSPS) is 14.7. The molecule has 0 radical (unpaired) electrons. The number of carbonyl (C=O) groups is 4. The second kappa shape index (κ2) is 13.1. The highest BCUT2D eigenvalue weighted by molar-refractivity contribution is 7.98. The van der Waals surface area contributed by atoms with Crippen LogP contribution in [0.2, 0.25) is 0 Å². The number of amides is 3. The number of thioether (sulfide) groups is 1. The molecule has 1 aromatic carbocycles. The van der Waals surface area contributed by atoms with Crippen molar-refractivity contribution in [3.8, 4) is 0 Å². The van der Waals surface area contributed by atoms with Crippen molar-refractivity contribution in [2.75, 3.05) is 12.0 Å². The van der Waals surface area contributed by atoms with Crippen LogP contribution >= 0.6 is 11.8 Å². The van der Waals surface area contributed by atoms with Gasteiger partial charge in [-0.25, -0.2) is 0 Å². The molecule has 7 N–H and O–H groups in total. The minimum absolute atomic E-state index is 0.114. The van der Waals surface area contributed by atoms with E-state index in [9.17, 15) is 24.3 Å². The van der Waals surface area contributed by atoms with Crippen molar-refractivity contribution < 1.29 is 24.3 Å². The number of H-pyrrole nitrogens is 1. The summed E-state index contributed by atoms with van der Waals surface area (Å²) in [6.07, 6.45) is 4.11. The highest BCUT2D eigenvalue weighted by Crippen LogP contribution is 2.19. The number of benzene rings is 1. The van der Waals surface area contributed by atoms with Gasteiger partial charge in [-0.1, -0.05) is 32.0 Å². The highest BCUT2D eigenvalue weighted by Gasteiger charge is 2.30. The number of aromatic amines is 1. The topological polar surface area (TPSA) is 166 Å². The molecule has 4 atom stereocenters. The summed E-state index contributed by atoms with van der Waals surface area (Å²) >= 11 is 1.52. The first-order valence-electron chi connectivity index (χ1n) is 11.5. The predicted molar refractivity (Wildman–Crippen MR) is 137 cm³/mol. The first kappa shape index (κ1) is 28.2. The number of aromatic nitrogens is 1. The zero-order valence-electron chi connectivity index (χ0n) is 20.5. The summed E-state index contributed by atoms with van der Waals surface area (Å²) in [6.45, 7) is 4.97. The molecule has 1 aromatic heterocycles. The van der Waals surface area contributed by atoms with Crippen molar-refractivity contribution in [3.63, 3.8) is 0 Å². The number of nitrogens with two attached hydrogens (primary N) is 1. The van der Waals surface area contributed by atoms with E-state index in [-0.39, 0.29) is 12.3 Å². The van der Waals surface area contributed by atoms with Crippen molar-refractivity contribution in [2.45, 2.75) is 57.8 Å². The second-order valence-corrected chi connectivity index (χ2v) is 9.79. The Labute approximate surface area is 209 Å². The Balaban J connectivity index is 2.27. The van der Waals surface area contributed by atoms with Crippen LogP contribution in [-0.2, 0) is 25.6 Å². The van der Waals surface area contributed by atoms with E-state index in [0.29, 0.717) is 12.2 Å². The fourth-order valence-corrected chi connectivity index (χ4v) is 3.92. The number of aliphatic carboxylic acids is 1. The molecular weight excluding hydrogens is 470 g/mol. The molecule has 10 nitrogen and oxygen atoms in total. The second-order valence-electron chi connectivity index (χ2n) is 8.81. The summed E-state index contributed by atoms with van der Waals surface area (Å²) in [5, 5.41) is 17.9. The zero-order valence-corrected chi connectivity index (χ0v) is 21.3. The van der Waals surface area contributed by atoms with E-state index in [0.717, 1.165) is 16.5 Å². The molecule has 35 heavy (non-hydrogen) atoms. The third-order valence-electron chi connectivity index (χ3n) is 5.73. The Hall–Kier alpha value is -3.05. The third kappa shape index (κ3) is 8.00. The molecule has 0 fully saturated rings. The van der Waals surface area contributed by atoms with E-state index in [4.69, 9.17) is 5.73 Å².